The zero-order chi connectivity index (χ0) is 17.3. The fourth-order valence-electron chi connectivity index (χ4n) is 2.85. The number of nitrogens with one attached hydrogen (secondary N) is 1. The minimum absolute atomic E-state index is 0.149. The number of ether oxygens (including phenoxy) is 1. The maximum atomic E-state index is 12.6. The molecule has 0 aliphatic carbocycles. The molecule has 24 heavy (non-hydrogen) atoms. The molecule has 1 aromatic heterocycles. The normalized spacial score (nSPS) is 10.7. The van der Waals surface area contributed by atoms with Crippen LogP contribution in [0.25, 0.3) is 10.9 Å². The maximum absolute atomic E-state index is 12.6. The molecule has 122 valence electrons. The molecule has 0 atom stereocenters. The number of aryl methyl sites for hydroxylation is 3. The van der Waals surface area contributed by atoms with Crippen molar-refractivity contribution in [3.8, 4) is 5.75 Å². The first-order valence-electron chi connectivity index (χ1n) is 7.82. The summed E-state index contributed by atoms with van der Waals surface area (Å²) in [4.78, 5) is 17.2. The summed E-state index contributed by atoms with van der Waals surface area (Å²) in [6, 6.07) is 13.1. The highest BCUT2D eigenvalue weighted by Crippen LogP contribution is 2.27. The van der Waals surface area contributed by atoms with Gasteiger partial charge in [0.1, 0.15) is 5.75 Å². The van der Waals surface area contributed by atoms with E-state index in [2.05, 4.69) is 22.4 Å². The second-order valence-corrected chi connectivity index (χ2v) is 5.97. The molecule has 4 nitrogen and oxygen atoms in total. The topological polar surface area (TPSA) is 51.2 Å². The Morgan fingerprint density at radius 3 is 2.42 bits per heavy atom. The number of aromatic nitrogens is 1. The number of carbonyl (C=O) groups excluding carboxylic acids is 1. The molecule has 1 N–H and O–H groups in total. The molecule has 1 amide bonds. The first-order chi connectivity index (χ1) is 11.5. The predicted molar refractivity (Wildman–Crippen MR) is 96.9 cm³/mol. The Morgan fingerprint density at radius 2 is 1.75 bits per heavy atom. The lowest BCUT2D eigenvalue weighted by atomic mass is 10.0. The molecule has 3 aromatic rings. The number of carbonyl (C=O) groups is 1. The van der Waals surface area contributed by atoms with Crippen LogP contribution < -0.4 is 10.1 Å². The van der Waals surface area contributed by atoms with Crippen LogP contribution in [0.2, 0.25) is 0 Å². The maximum Gasteiger partial charge on any atom is 0.255 e. The third-order valence-corrected chi connectivity index (χ3v) is 3.98. The molecule has 0 aliphatic rings. The Morgan fingerprint density at radius 1 is 1.04 bits per heavy atom. The molecule has 0 fully saturated rings. The standard InChI is InChI=1S/C20H20N2O2/c1-12-9-13(2)19-17(10-12)18(11-14(3)21-19)22-20(23)15-5-7-16(24-4)8-6-15/h5-11H,1-4H3,(H,21,22,23). The van der Waals surface area contributed by atoms with Crippen molar-refractivity contribution in [2.45, 2.75) is 20.8 Å². The summed E-state index contributed by atoms with van der Waals surface area (Å²) in [6.45, 7) is 6.01. The third kappa shape index (κ3) is 3.08. The second-order valence-electron chi connectivity index (χ2n) is 5.97. The lowest BCUT2D eigenvalue weighted by Gasteiger charge is -2.12. The molecular weight excluding hydrogens is 300 g/mol. The second kappa shape index (κ2) is 6.32. The summed E-state index contributed by atoms with van der Waals surface area (Å²) in [6.07, 6.45) is 0. The van der Waals surface area contributed by atoms with Crippen LogP contribution in [0.5, 0.6) is 5.75 Å². The van der Waals surface area contributed by atoms with Gasteiger partial charge >= 0.3 is 0 Å². The van der Waals surface area contributed by atoms with Crippen molar-refractivity contribution in [2.24, 2.45) is 0 Å². The third-order valence-electron chi connectivity index (χ3n) is 3.98. The van der Waals surface area contributed by atoms with Gasteiger partial charge in [0.15, 0.2) is 0 Å². The van der Waals surface area contributed by atoms with Gasteiger partial charge in [0.2, 0.25) is 0 Å². The Labute approximate surface area is 141 Å². The van der Waals surface area contributed by atoms with Gasteiger partial charge in [-0.2, -0.15) is 0 Å². The van der Waals surface area contributed by atoms with E-state index in [0.717, 1.165) is 39.2 Å². The minimum Gasteiger partial charge on any atom is -0.497 e. The van der Waals surface area contributed by atoms with Gasteiger partial charge in [0.25, 0.3) is 5.91 Å². The number of nitrogens with zero attached hydrogens (tertiary/aromatic N) is 1. The van der Waals surface area contributed by atoms with Crippen molar-refractivity contribution >= 4 is 22.5 Å². The SMILES string of the molecule is COc1ccc(C(=O)Nc2cc(C)nc3c(C)cc(C)cc23)cc1. The molecule has 0 unspecified atom stereocenters. The number of anilines is 1. The van der Waals surface area contributed by atoms with Crippen LogP contribution in [0.1, 0.15) is 27.2 Å². The van der Waals surface area contributed by atoms with E-state index >= 15 is 0 Å². The van der Waals surface area contributed by atoms with Crippen LogP contribution >= 0.6 is 0 Å². The van der Waals surface area contributed by atoms with Gasteiger partial charge in [-0.3, -0.25) is 9.78 Å². The van der Waals surface area contributed by atoms with E-state index in [1.807, 2.05) is 26.8 Å². The summed E-state index contributed by atoms with van der Waals surface area (Å²) in [5.74, 6) is 0.576. The van der Waals surface area contributed by atoms with E-state index in [4.69, 9.17) is 4.74 Å². The molecule has 4 heteroatoms. The fourth-order valence-corrected chi connectivity index (χ4v) is 2.85. The van der Waals surface area contributed by atoms with Gasteiger partial charge < -0.3 is 10.1 Å². The largest absolute Gasteiger partial charge is 0.497 e. The van der Waals surface area contributed by atoms with Crippen molar-refractivity contribution in [1.29, 1.82) is 0 Å². The summed E-state index contributed by atoms with van der Waals surface area (Å²) in [5.41, 5.74) is 5.41. The average Bonchev–Trinajstić information content (AvgIpc) is 2.56. The molecule has 0 aliphatic heterocycles. The van der Waals surface area contributed by atoms with Crippen LogP contribution in [0.3, 0.4) is 0 Å². The minimum atomic E-state index is -0.149. The van der Waals surface area contributed by atoms with Gasteiger partial charge in [-0.05, 0) is 62.7 Å². The first-order valence-corrected chi connectivity index (χ1v) is 7.82. The molecule has 0 saturated carbocycles. The molecule has 3 rings (SSSR count). The Hall–Kier alpha value is -2.88. The highest BCUT2D eigenvalue weighted by molar-refractivity contribution is 6.09. The van der Waals surface area contributed by atoms with E-state index in [9.17, 15) is 4.79 Å². The molecule has 1 heterocycles. The number of fused-ring (bicyclic) bond motifs is 1. The van der Waals surface area contributed by atoms with Crippen LogP contribution in [0.15, 0.2) is 42.5 Å². The number of hydrogen-bond donors (Lipinski definition) is 1. The summed E-state index contributed by atoms with van der Waals surface area (Å²) in [5, 5.41) is 3.97. The summed E-state index contributed by atoms with van der Waals surface area (Å²) >= 11 is 0. The molecule has 0 spiro atoms. The number of methoxy groups -OCH3 is 1. The molecule has 2 aromatic carbocycles. The van der Waals surface area contributed by atoms with E-state index in [1.54, 1.807) is 31.4 Å². The monoisotopic (exact) mass is 320 g/mol. The number of hydrogen-bond acceptors (Lipinski definition) is 3. The molecule has 0 bridgehead atoms. The van der Waals surface area contributed by atoms with E-state index in [1.165, 1.54) is 0 Å². The Bertz CT molecular complexity index is 915. The lowest BCUT2D eigenvalue weighted by Crippen LogP contribution is -2.12. The van der Waals surface area contributed by atoms with E-state index < -0.39 is 0 Å². The molecular formula is C20H20N2O2. The highest BCUT2D eigenvalue weighted by atomic mass is 16.5. The number of benzene rings is 2. The van der Waals surface area contributed by atoms with Gasteiger partial charge in [-0.15, -0.1) is 0 Å². The van der Waals surface area contributed by atoms with Crippen molar-refractivity contribution < 1.29 is 9.53 Å². The lowest BCUT2D eigenvalue weighted by molar-refractivity contribution is 0.102. The van der Waals surface area contributed by atoms with Gasteiger partial charge in [-0.1, -0.05) is 11.6 Å². The molecule has 0 saturated heterocycles. The fraction of sp³-hybridized carbons (Fsp3) is 0.200. The Balaban J connectivity index is 2.01. The van der Waals surface area contributed by atoms with Crippen LogP contribution in [-0.4, -0.2) is 18.0 Å². The molecule has 0 radical (unpaired) electrons. The van der Waals surface area contributed by atoms with Crippen molar-refractivity contribution in [3.63, 3.8) is 0 Å². The van der Waals surface area contributed by atoms with Crippen LogP contribution in [0.4, 0.5) is 5.69 Å². The van der Waals surface area contributed by atoms with E-state index in [-0.39, 0.29) is 5.91 Å². The van der Waals surface area contributed by atoms with Crippen LogP contribution in [-0.2, 0) is 0 Å². The first kappa shape index (κ1) is 16.0. The zero-order valence-corrected chi connectivity index (χ0v) is 14.3. The van der Waals surface area contributed by atoms with Crippen molar-refractivity contribution in [2.75, 3.05) is 12.4 Å². The quantitative estimate of drug-likeness (QED) is 0.777. The van der Waals surface area contributed by atoms with Crippen molar-refractivity contribution in [1.82, 2.24) is 4.98 Å². The van der Waals surface area contributed by atoms with E-state index in [0.29, 0.717) is 5.56 Å². The average molecular weight is 320 g/mol. The predicted octanol–water partition coefficient (Wildman–Crippen LogP) is 4.42. The smallest absolute Gasteiger partial charge is 0.255 e. The number of amides is 1. The number of pyridine rings is 1. The van der Waals surface area contributed by atoms with Gasteiger partial charge in [0.05, 0.1) is 18.3 Å². The van der Waals surface area contributed by atoms with Gasteiger partial charge in [-0.25, -0.2) is 0 Å². The number of rotatable bonds is 3. The zero-order valence-electron chi connectivity index (χ0n) is 14.3. The summed E-state index contributed by atoms with van der Waals surface area (Å²) in [7, 11) is 1.60. The highest BCUT2D eigenvalue weighted by Gasteiger charge is 2.12. The van der Waals surface area contributed by atoms with Gasteiger partial charge in [0, 0.05) is 16.6 Å². The Kier molecular flexibility index (Phi) is 4.21. The summed E-state index contributed by atoms with van der Waals surface area (Å²) < 4.78 is 5.13. The van der Waals surface area contributed by atoms with Crippen molar-refractivity contribution in [3.05, 3.63) is 64.8 Å². The van der Waals surface area contributed by atoms with Crippen LogP contribution in [0, 0.1) is 20.8 Å².